The molecule has 2 atom stereocenters. The lowest BCUT2D eigenvalue weighted by Gasteiger charge is -2.18. The molecule has 7 nitrogen and oxygen atoms in total. The van der Waals surface area contributed by atoms with E-state index in [1.54, 1.807) is 36.5 Å². The lowest BCUT2D eigenvalue weighted by Crippen LogP contribution is -2.32. The largest absolute Gasteiger partial charge is 0.508 e. The molecule has 1 heterocycles. The second-order valence-corrected chi connectivity index (χ2v) is 8.36. The van der Waals surface area contributed by atoms with E-state index < -0.39 is 6.10 Å². The van der Waals surface area contributed by atoms with E-state index >= 15 is 0 Å². The number of aryl methyl sites for hydroxylation is 1. The first-order valence-electron chi connectivity index (χ1n) is 11.1. The SMILES string of the molecule is Cc1cc(O)ccc1CCNC(=O)c1cccc(C[C@@H](C)NC[C@@H](O)c2ccc(N)nc2)c1. The first-order chi connectivity index (χ1) is 15.8. The average Bonchev–Trinajstić information content (AvgIpc) is 2.79. The molecule has 0 aliphatic carbocycles. The van der Waals surface area contributed by atoms with E-state index in [9.17, 15) is 15.0 Å². The van der Waals surface area contributed by atoms with Crippen LogP contribution in [-0.4, -0.2) is 40.2 Å². The predicted octanol–water partition coefficient (Wildman–Crippen LogP) is 2.90. The highest BCUT2D eigenvalue weighted by atomic mass is 16.3. The van der Waals surface area contributed by atoms with Crippen molar-refractivity contribution < 1.29 is 15.0 Å². The van der Waals surface area contributed by atoms with Gasteiger partial charge in [-0.2, -0.15) is 0 Å². The van der Waals surface area contributed by atoms with Gasteiger partial charge in [0.2, 0.25) is 0 Å². The third kappa shape index (κ3) is 7.30. The van der Waals surface area contributed by atoms with Crippen molar-refractivity contribution in [1.82, 2.24) is 15.6 Å². The summed E-state index contributed by atoms with van der Waals surface area (Å²) in [6.45, 7) is 4.90. The molecule has 174 valence electrons. The van der Waals surface area contributed by atoms with Crippen LogP contribution in [0.2, 0.25) is 0 Å². The van der Waals surface area contributed by atoms with Gasteiger partial charge in [-0.1, -0.05) is 24.3 Å². The normalized spacial score (nSPS) is 12.8. The van der Waals surface area contributed by atoms with Crippen molar-refractivity contribution >= 4 is 11.7 Å². The molecule has 0 aliphatic rings. The number of phenols is 1. The minimum Gasteiger partial charge on any atom is -0.508 e. The number of amides is 1. The van der Waals surface area contributed by atoms with Crippen LogP contribution in [-0.2, 0) is 12.8 Å². The molecule has 0 unspecified atom stereocenters. The topological polar surface area (TPSA) is 120 Å². The number of hydrogen-bond acceptors (Lipinski definition) is 6. The Hall–Kier alpha value is -3.42. The fourth-order valence-corrected chi connectivity index (χ4v) is 3.68. The third-order valence-corrected chi connectivity index (χ3v) is 5.59. The van der Waals surface area contributed by atoms with Gasteiger partial charge >= 0.3 is 0 Å². The summed E-state index contributed by atoms with van der Waals surface area (Å²) in [6.07, 6.45) is 2.33. The number of anilines is 1. The molecule has 0 bridgehead atoms. The first kappa shape index (κ1) is 24.2. The lowest BCUT2D eigenvalue weighted by molar-refractivity contribution is 0.0954. The number of benzene rings is 2. The van der Waals surface area contributed by atoms with Gasteiger partial charge in [0.15, 0.2) is 0 Å². The predicted molar refractivity (Wildman–Crippen MR) is 130 cm³/mol. The Labute approximate surface area is 194 Å². The Morgan fingerprint density at radius 1 is 1.15 bits per heavy atom. The number of carbonyl (C=O) groups excluding carboxylic acids is 1. The first-order valence-corrected chi connectivity index (χ1v) is 11.1. The maximum absolute atomic E-state index is 12.6. The summed E-state index contributed by atoms with van der Waals surface area (Å²) in [5.74, 6) is 0.560. The van der Waals surface area contributed by atoms with Gasteiger partial charge in [-0.3, -0.25) is 4.79 Å². The van der Waals surface area contributed by atoms with Crippen molar-refractivity contribution in [1.29, 1.82) is 0 Å². The van der Waals surface area contributed by atoms with Crippen LogP contribution in [0.25, 0.3) is 0 Å². The molecule has 2 aromatic carbocycles. The molecule has 0 saturated heterocycles. The van der Waals surface area contributed by atoms with E-state index in [4.69, 9.17) is 5.73 Å². The number of nitrogens with one attached hydrogen (secondary N) is 2. The van der Waals surface area contributed by atoms with Gasteiger partial charge in [0.1, 0.15) is 11.6 Å². The number of phenolic OH excluding ortho intramolecular Hbond substituents is 1. The van der Waals surface area contributed by atoms with Gasteiger partial charge < -0.3 is 26.6 Å². The van der Waals surface area contributed by atoms with Crippen molar-refractivity contribution in [2.45, 2.75) is 38.8 Å². The van der Waals surface area contributed by atoms with E-state index in [0.717, 1.165) is 23.1 Å². The van der Waals surface area contributed by atoms with E-state index in [2.05, 4.69) is 15.6 Å². The van der Waals surface area contributed by atoms with Crippen LogP contribution < -0.4 is 16.4 Å². The minimum atomic E-state index is -0.671. The van der Waals surface area contributed by atoms with Gasteiger partial charge in [-0.15, -0.1) is 0 Å². The summed E-state index contributed by atoms with van der Waals surface area (Å²) in [5.41, 5.74) is 10.1. The molecule has 0 aliphatic heterocycles. The molecule has 0 radical (unpaired) electrons. The Morgan fingerprint density at radius 3 is 2.70 bits per heavy atom. The quantitative estimate of drug-likeness (QED) is 0.325. The second-order valence-electron chi connectivity index (χ2n) is 8.36. The van der Waals surface area contributed by atoms with Crippen LogP contribution in [0, 0.1) is 6.92 Å². The highest BCUT2D eigenvalue weighted by Gasteiger charge is 2.12. The van der Waals surface area contributed by atoms with E-state index in [1.807, 2.05) is 38.1 Å². The summed E-state index contributed by atoms with van der Waals surface area (Å²) in [6, 6.07) is 16.4. The van der Waals surface area contributed by atoms with Crippen LogP contribution in [0.3, 0.4) is 0 Å². The molecule has 0 spiro atoms. The second kappa shape index (κ2) is 11.4. The van der Waals surface area contributed by atoms with Crippen molar-refractivity contribution in [2.75, 3.05) is 18.8 Å². The summed E-state index contributed by atoms with van der Waals surface area (Å²) in [5, 5.41) is 26.1. The maximum Gasteiger partial charge on any atom is 0.251 e. The van der Waals surface area contributed by atoms with Gasteiger partial charge in [-0.25, -0.2) is 4.98 Å². The molecule has 7 heteroatoms. The number of aromatic nitrogens is 1. The summed E-state index contributed by atoms with van der Waals surface area (Å²) < 4.78 is 0. The van der Waals surface area contributed by atoms with Crippen LogP contribution in [0.1, 0.15) is 45.6 Å². The molecule has 1 aromatic heterocycles. The van der Waals surface area contributed by atoms with Gasteiger partial charge in [0.25, 0.3) is 5.91 Å². The summed E-state index contributed by atoms with van der Waals surface area (Å²) in [7, 11) is 0. The number of pyridine rings is 1. The zero-order valence-corrected chi connectivity index (χ0v) is 19.1. The van der Waals surface area contributed by atoms with E-state index in [-0.39, 0.29) is 17.7 Å². The molecule has 6 N–H and O–H groups in total. The highest BCUT2D eigenvalue weighted by molar-refractivity contribution is 5.94. The molecule has 0 saturated carbocycles. The minimum absolute atomic E-state index is 0.108. The van der Waals surface area contributed by atoms with Crippen molar-refractivity contribution in [3.8, 4) is 5.75 Å². The van der Waals surface area contributed by atoms with Crippen LogP contribution in [0.15, 0.2) is 60.8 Å². The number of aliphatic hydroxyl groups excluding tert-OH is 1. The van der Waals surface area contributed by atoms with Crippen LogP contribution in [0.5, 0.6) is 5.75 Å². The maximum atomic E-state index is 12.6. The molecule has 1 amide bonds. The Morgan fingerprint density at radius 2 is 1.97 bits per heavy atom. The van der Waals surface area contributed by atoms with Crippen LogP contribution >= 0.6 is 0 Å². The van der Waals surface area contributed by atoms with Gasteiger partial charge in [0, 0.05) is 36.5 Å². The standard InChI is InChI=1S/C26H32N4O3/c1-17-12-23(31)8-6-20(17)10-11-28-26(33)21-5-3-4-19(14-21)13-18(2)29-16-24(32)22-7-9-25(27)30-15-22/h3-9,12,14-15,18,24,29,31-32H,10-11,13,16H2,1-2H3,(H2,27,30)(H,28,33)/t18-,24-/m1/s1. The molecule has 33 heavy (non-hydrogen) atoms. The number of aliphatic hydroxyl groups is 1. The smallest absolute Gasteiger partial charge is 0.251 e. The monoisotopic (exact) mass is 448 g/mol. The van der Waals surface area contributed by atoms with E-state index in [1.165, 1.54) is 0 Å². The Bertz CT molecular complexity index is 1070. The van der Waals surface area contributed by atoms with Crippen molar-refractivity contribution in [3.63, 3.8) is 0 Å². The number of hydrogen-bond donors (Lipinski definition) is 5. The fourth-order valence-electron chi connectivity index (χ4n) is 3.68. The Kier molecular flexibility index (Phi) is 8.40. The number of nitrogens with two attached hydrogens (primary N) is 1. The number of rotatable bonds is 10. The van der Waals surface area contributed by atoms with Gasteiger partial charge in [-0.05, 0) is 73.7 Å². The van der Waals surface area contributed by atoms with Crippen LogP contribution in [0.4, 0.5) is 5.82 Å². The number of nitrogens with zero attached hydrogens (tertiary/aromatic N) is 1. The highest BCUT2D eigenvalue weighted by Crippen LogP contribution is 2.16. The number of nitrogen functional groups attached to an aromatic ring is 1. The fraction of sp³-hybridized carbons (Fsp3) is 0.308. The van der Waals surface area contributed by atoms with Crippen molar-refractivity contribution in [2.24, 2.45) is 0 Å². The zero-order chi connectivity index (χ0) is 23.8. The summed E-state index contributed by atoms with van der Waals surface area (Å²) >= 11 is 0. The van der Waals surface area contributed by atoms with Gasteiger partial charge in [0.05, 0.1) is 6.10 Å². The summed E-state index contributed by atoms with van der Waals surface area (Å²) in [4.78, 5) is 16.6. The molecular weight excluding hydrogens is 416 g/mol. The molecule has 3 rings (SSSR count). The zero-order valence-electron chi connectivity index (χ0n) is 19.1. The van der Waals surface area contributed by atoms with E-state index in [0.29, 0.717) is 36.5 Å². The Balaban J connectivity index is 1.47. The number of aromatic hydroxyl groups is 1. The third-order valence-electron chi connectivity index (χ3n) is 5.59. The van der Waals surface area contributed by atoms with Crippen molar-refractivity contribution in [3.05, 3.63) is 88.6 Å². The molecular formula is C26H32N4O3. The molecule has 0 fully saturated rings. The number of carbonyl (C=O) groups is 1. The lowest BCUT2D eigenvalue weighted by atomic mass is 10.0. The average molecular weight is 449 g/mol. The molecule has 3 aromatic rings.